The lowest BCUT2D eigenvalue weighted by Crippen LogP contribution is -2.45. The molecule has 0 aliphatic carbocycles. The van der Waals surface area contributed by atoms with Gasteiger partial charge in [-0.2, -0.15) is 0 Å². The van der Waals surface area contributed by atoms with Crippen molar-refractivity contribution in [2.45, 2.75) is 212 Å². The van der Waals surface area contributed by atoms with Gasteiger partial charge >= 0.3 is 0 Å². The Labute approximate surface area is 317 Å². The summed E-state index contributed by atoms with van der Waals surface area (Å²) in [5, 5.41) is 23.1. The van der Waals surface area contributed by atoms with Gasteiger partial charge in [0.15, 0.2) is 0 Å². The van der Waals surface area contributed by atoms with Crippen molar-refractivity contribution in [2.75, 3.05) is 6.61 Å². The van der Waals surface area contributed by atoms with Crippen molar-refractivity contribution in [2.24, 2.45) is 0 Å². The molecule has 1 amide bonds. The molecule has 4 heteroatoms. The molecule has 4 nitrogen and oxygen atoms in total. The molecule has 0 rings (SSSR count). The summed E-state index contributed by atoms with van der Waals surface area (Å²) in [5.41, 5.74) is 0. The topological polar surface area (TPSA) is 69.6 Å². The van der Waals surface area contributed by atoms with Crippen LogP contribution in [0, 0.1) is 0 Å². The molecule has 0 bridgehead atoms. The van der Waals surface area contributed by atoms with Crippen LogP contribution >= 0.6 is 0 Å². The number of amides is 1. The Morgan fingerprint density at radius 2 is 0.863 bits per heavy atom. The van der Waals surface area contributed by atoms with E-state index in [1.54, 1.807) is 0 Å². The standard InChI is InChI=1S/C47H83NO3/c1-3-5-7-9-11-13-15-16-17-18-19-20-21-22-23-24-25-26-27-28-29-30-31-32-33-35-37-39-41-43-47(51)48-45(44-49)46(50)42-40-38-36-34-14-12-10-8-6-4-2/h5,7,11,13,16-17,19-20,22-23,25-26,45-46,49-50H,3-4,6,8-10,12,14-15,18,21,24,27-44H2,1-2H3,(H,48,51)/b7-5-,13-11-,17-16-,20-19-,23-22-,26-25-. The molecule has 0 saturated heterocycles. The van der Waals surface area contributed by atoms with Gasteiger partial charge in [0.05, 0.1) is 18.8 Å². The Kier molecular flexibility index (Phi) is 40.4. The fourth-order valence-electron chi connectivity index (χ4n) is 6.19. The van der Waals surface area contributed by atoms with E-state index in [9.17, 15) is 15.0 Å². The molecule has 0 aliphatic rings. The van der Waals surface area contributed by atoms with Gasteiger partial charge in [-0.25, -0.2) is 0 Å². The first-order chi connectivity index (χ1) is 25.2. The van der Waals surface area contributed by atoms with Crippen molar-refractivity contribution in [3.63, 3.8) is 0 Å². The fourth-order valence-corrected chi connectivity index (χ4v) is 6.19. The predicted molar refractivity (Wildman–Crippen MR) is 225 cm³/mol. The summed E-state index contributed by atoms with van der Waals surface area (Å²) in [6, 6.07) is -0.540. The van der Waals surface area contributed by atoms with E-state index in [1.807, 2.05) is 0 Å². The fraction of sp³-hybridized carbons (Fsp3) is 0.723. The number of hydrogen-bond donors (Lipinski definition) is 3. The Morgan fingerprint density at radius 1 is 0.490 bits per heavy atom. The van der Waals surface area contributed by atoms with Crippen LogP contribution in [0.2, 0.25) is 0 Å². The molecule has 0 aliphatic heterocycles. The minimum atomic E-state index is -0.662. The zero-order chi connectivity index (χ0) is 37.1. The van der Waals surface area contributed by atoms with E-state index in [4.69, 9.17) is 0 Å². The molecule has 0 heterocycles. The second kappa shape index (κ2) is 42.2. The minimum absolute atomic E-state index is 0.0415. The Morgan fingerprint density at radius 3 is 1.29 bits per heavy atom. The maximum absolute atomic E-state index is 12.4. The van der Waals surface area contributed by atoms with Gasteiger partial charge in [0.25, 0.3) is 0 Å². The van der Waals surface area contributed by atoms with E-state index in [-0.39, 0.29) is 12.5 Å². The number of carbonyl (C=O) groups excluding carboxylic acids is 1. The Bertz CT molecular complexity index is 899. The van der Waals surface area contributed by atoms with Crippen molar-refractivity contribution in [1.29, 1.82) is 0 Å². The van der Waals surface area contributed by atoms with E-state index in [1.165, 1.54) is 109 Å². The molecule has 0 aromatic heterocycles. The van der Waals surface area contributed by atoms with E-state index in [0.29, 0.717) is 12.8 Å². The number of aliphatic hydroxyl groups is 2. The molecule has 0 spiro atoms. The highest BCUT2D eigenvalue weighted by molar-refractivity contribution is 5.76. The Hall–Kier alpha value is -2.17. The first kappa shape index (κ1) is 48.8. The van der Waals surface area contributed by atoms with Crippen LogP contribution in [-0.4, -0.2) is 34.9 Å². The van der Waals surface area contributed by atoms with Gasteiger partial charge in [-0.05, 0) is 64.2 Å². The maximum atomic E-state index is 12.4. The predicted octanol–water partition coefficient (Wildman–Crippen LogP) is 13.5. The number of hydrogen-bond acceptors (Lipinski definition) is 3. The van der Waals surface area contributed by atoms with Crippen LogP contribution in [-0.2, 0) is 4.79 Å². The number of unbranched alkanes of at least 4 members (excludes halogenated alkanes) is 19. The molecular weight excluding hydrogens is 627 g/mol. The molecule has 51 heavy (non-hydrogen) atoms. The molecular formula is C47H83NO3. The highest BCUT2D eigenvalue weighted by Crippen LogP contribution is 2.15. The molecule has 3 N–H and O–H groups in total. The van der Waals surface area contributed by atoms with E-state index < -0.39 is 12.1 Å². The zero-order valence-corrected chi connectivity index (χ0v) is 33.6. The summed E-state index contributed by atoms with van der Waals surface area (Å²) < 4.78 is 0. The molecule has 294 valence electrons. The van der Waals surface area contributed by atoms with Crippen LogP contribution in [0.4, 0.5) is 0 Å². The van der Waals surface area contributed by atoms with Gasteiger partial charge in [0.1, 0.15) is 0 Å². The van der Waals surface area contributed by atoms with E-state index in [2.05, 4.69) is 92.1 Å². The van der Waals surface area contributed by atoms with Gasteiger partial charge in [-0.3, -0.25) is 4.79 Å². The van der Waals surface area contributed by atoms with Crippen molar-refractivity contribution < 1.29 is 15.0 Å². The first-order valence-electron chi connectivity index (χ1n) is 21.6. The summed E-state index contributed by atoms with van der Waals surface area (Å²) in [5.74, 6) is -0.0415. The van der Waals surface area contributed by atoms with Crippen molar-refractivity contribution in [3.8, 4) is 0 Å². The largest absolute Gasteiger partial charge is 0.394 e. The smallest absolute Gasteiger partial charge is 0.220 e. The molecule has 0 aromatic rings. The van der Waals surface area contributed by atoms with Crippen molar-refractivity contribution in [1.82, 2.24) is 5.32 Å². The zero-order valence-electron chi connectivity index (χ0n) is 33.6. The average molecular weight is 710 g/mol. The monoisotopic (exact) mass is 710 g/mol. The third-order valence-electron chi connectivity index (χ3n) is 9.48. The number of rotatable bonds is 38. The number of carbonyl (C=O) groups is 1. The van der Waals surface area contributed by atoms with Crippen LogP contribution < -0.4 is 5.32 Å². The molecule has 0 fully saturated rings. The molecule has 0 radical (unpaired) electrons. The van der Waals surface area contributed by atoms with Gasteiger partial charge in [-0.1, -0.05) is 202 Å². The lowest BCUT2D eigenvalue weighted by atomic mass is 10.0. The SMILES string of the molecule is CC/C=C\C/C=C\C/C=C\C/C=C\C/C=C\C/C=C\CCCCCCCCCCCCC(=O)NC(CO)C(O)CCCCCCCCCCCC. The summed E-state index contributed by atoms with van der Waals surface area (Å²) in [6.07, 6.45) is 59.8. The molecule has 0 saturated carbocycles. The lowest BCUT2D eigenvalue weighted by Gasteiger charge is -2.22. The second-order valence-electron chi connectivity index (χ2n) is 14.4. The second-order valence-corrected chi connectivity index (χ2v) is 14.4. The van der Waals surface area contributed by atoms with Gasteiger partial charge in [0, 0.05) is 6.42 Å². The quantitative estimate of drug-likeness (QED) is 0.0441. The van der Waals surface area contributed by atoms with Crippen LogP contribution in [0.15, 0.2) is 72.9 Å². The third kappa shape index (κ3) is 38.9. The highest BCUT2D eigenvalue weighted by atomic mass is 16.3. The summed E-state index contributed by atoms with van der Waals surface area (Å²) in [4.78, 5) is 12.4. The number of aliphatic hydroxyl groups excluding tert-OH is 2. The van der Waals surface area contributed by atoms with Crippen molar-refractivity contribution in [3.05, 3.63) is 72.9 Å². The van der Waals surface area contributed by atoms with E-state index in [0.717, 1.165) is 64.2 Å². The van der Waals surface area contributed by atoms with Crippen LogP contribution in [0.25, 0.3) is 0 Å². The molecule has 0 aromatic carbocycles. The van der Waals surface area contributed by atoms with Gasteiger partial charge in [-0.15, -0.1) is 0 Å². The summed E-state index contributed by atoms with van der Waals surface area (Å²) >= 11 is 0. The van der Waals surface area contributed by atoms with Crippen molar-refractivity contribution >= 4 is 5.91 Å². The minimum Gasteiger partial charge on any atom is -0.394 e. The third-order valence-corrected chi connectivity index (χ3v) is 9.48. The summed E-state index contributed by atoms with van der Waals surface area (Å²) in [6.45, 7) is 4.22. The first-order valence-corrected chi connectivity index (χ1v) is 21.6. The van der Waals surface area contributed by atoms with Gasteiger partial charge < -0.3 is 15.5 Å². The molecule has 2 unspecified atom stereocenters. The molecule has 2 atom stereocenters. The summed E-state index contributed by atoms with van der Waals surface area (Å²) in [7, 11) is 0. The van der Waals surface area contributed by atoms with Crippen LogP contribution in [0.3, 0.4) is 0 Å². The van der Waals surface area contributed by atoms with Gasteiger partial charge in [0.2, 0.25) is 5.91 Å². The maximum Gasteiger partial charge on any atom is 0.220 e. The van der Waals surface area contributed by atoms with Crippen LogP contribution in [0.5, 0.6) is 0 Å². The highest BCUT2D eigenvalue weighted by Gasteiger charge is 2.19. The Balaban J connectivity index is 3.55. The van der Waals surface area contributed by atoms with E-state index >= 15 is 0 Å². The average Bonchev–Trinajstić information content (AvgIpc) is 3.13. The lowest BCUT2D eigenvalue weighted by molar-refractivity contribution is -0.123. The normalized spacial score (nSPS) is 13.7. The number of nitrogens with one attached hydrogen (secondary N) is 1. The number of allylic oxidation sites excluding steroid dienone is 12. The van der Waals surface area contributed by atoms with Crippen LogP contribution in [0.1, 0.15) is 200 Å².